The number of β-lactam (4-membered cyclic amide) rings is 1. The molecule has 158 valence electrons. The third kappa shape index (κ3) is 3.84. The largest absolute Gasteiger partial charge is 0.477 e. The second-order valence-corrected chi connectivity index (χ2v) is 10.1. The molecule has 0 spiro atoms. The lowest BCUT2D eigenvalue weighted by Crippen LogP contribution is -2.70. The van der Waals surface area contributed by atoms with Crippen LogP contribution in [0.3, 0.4) is 0 Å². The van der Waals surface area contributed by atoms with E-state index < -0.39 is 29.2 Å². The highest BCUT2D eigenvalue weighted by Crippen LogP contribution is 2.41. The van der Waals surface area contributed by atoms with Crippen LogP contribution >= 0.6 is 34.9 Å². The van der Waals surface area contributed by atoms with E-state index in [0.29, 0.717) is 29.2 Å². The van der Waals surface area contributed by atoms with Crippen molar-refractivity contribution in [1.29, 1.82) is 0 Å². The van der Waals surface area contributed by atoms with E-state index in [4.69, 9.17) is 0 Å². The van der Waals surface area contributed by atoms with E-state index in [9.17, 15) is 19.5 Å². The number of carboxylic acid groups (broad SMARTS) is 1. The van der Waals surface area contributed by atoms with Crippen molar-refractivity contribution in [3.05, 3.63) is 34.2 Å². The molecule has 2 atom stereocenters. The molecule has 4 rings (SSSR count). The average molecular weight is 467 g/mol. The number of amides is 2. The summed E-state index contributed by atoms with van der Waals surface area (Å²) in [6.07, 6.45) is 3.05. The van der Waals surface area contributed by atoms with Crippen molar-refractivity contribution in [1.82, 2.24) is 30.2 Å². The van der Waals surface area contributed by atoms with Crippen molar-refractivity contribution in [2.75, 3.05) is 11.5 Å². The second-order valence-electron chi connectivity index (χ2n) is 6.58. The average Bonchev–Trinajstić information content (AvgIpc) is 3.38. The van der Waals surface area contributed by atoms with Gasteiger partial charge >= 0.3 is 5.97 Å². The highest BCUT2D eigenvalue weighted by atomic mass is 32.2. The van der Waals surface area contributed by atoms with Gasteiger partial charge in [-0.3, -0.25) is 19.2 Å². The first-order valence-electron chi connectivity index (χ1n) is 9.05. The number of carbonyl (C=O) groups excluding carboxylic acids is 2. The number of aryl methyl sites for hydroxylation is 2. The Morgan fingerprint density at radius 1 is 1.40 bits per heavy atom. The summed E-state index contributed by atoms with van der Waals surface area (Å²) >= 11 is 4.29. The van der Waals surface area contributed by atoms with Crippen LogP contribution in [-0.2, 0) is 16.1 Å². The van der Waals surface area contributed by atoms with E-state index >= 15 is 0 Å². The third-order valence-corrected chi connectivity index (χ3v) is 8.03. The fourth-order valence-electron chi connectivity index (χ4n) is 3.16. The van der Waals surface area contributed by atoms with Gasteiger partial charge in [-0.1, -0.05) is 23.1 Å². The van der Waals surface area contributed by atoms with Crippen LogP contribution in [0.5, 0.6) is 0 Å². The summed E-state index contributed by atoms with van der Waals surface area (Å²) in [7, 11) is 0. The topological polar surface area (TPSA) is 130 Å². The molecule has 0 aromatic carbocycles. The maximum absolute atomic E-state index is 12.7. The second kappa shape index (κ2) is 8.40. The van der Waals surface area contributed by atoms with Gasteiger partial charge in [0, 0.05) is 24.2 Å². The molecular formula is C17H18N6O4S3. The van der Waals surface area contributed by atoms with Crippen molar-refractivity contribution in [2.45, 2.75) is 36.1 Å². The van der Waals surface area contributed by atoms with Gasteiger partial charge < -0.3 is 10.4 Å². The van der Waals surface area contributed by atoms with Crippen molar-refractivity contribution in [2.24, 2.45) is 0 Å². The fourth-order valence-corrected chi connectivity index (χ4v) is 6.46. The van der Waals surface area contributed by atoms with Crippen molar-refractivity contribution < 1.29 is 19.5 Å². The molecule has 2 aliphatic rings. The molecule has 0 unspecified atom stereocenters. The molecule has 2 aliphatic heterocycles. The molecule has 0 bridgehead atoms. The molecule has 0 aliphatic carbocycles. The van der Waals surface area contributed by atoms with Crippen LogP contribution < -0.4 is 5.32 Å². The number of aliphatic carboxylic acids is 1. The van der Waals surface area contributed by atoms with Crippen molar-refractivity contribution in [3.8, 4) is 0 Å². The number of carboxylic acids is 1. The molecule has 2 aromatic heterocycles. The lowest BCUT2D eigenvalue weighted by Gasteiger charge is -2.49. The van der Waals surface area contributed by atoms with Gasteiger partial charge in [-0.2, -0.15) is 5.10 Å². The number of carbonyl (C=O) groups is 3. The molecular weight excluding hydrogens is 448 g/mol. The highest BCUT2D eigenvalue weighted by molar-refractivity contribution is 8.01. The number of thioether (sulfide) groups is 2. The minimum absolute atomic E-state index is 0.00166. The minimum Gasteiger partial charge on any atom is -0.477 e. The fraction of sp³-hybridized carbons (Fsp3) is 0.412. The number of nitrogens with zero attached hydrogens (tertiary/aromatic N) is 5. The van der Waals surface area contributed by atoms with E-state index in [1.165, 1.54) is 46.0 Å². The van der Waals surface area contributed by atoms with Crippen molar-refractivity contribution in [3.63, 3.8) is 0 Å². The van der Waals surface area contributed by atoms with E-state index in [2.05, 4.69) is 20.6 Å². The molecule has 2 amide bonds. The standard InChI is InChI=1S/C17H18N6O4S3/c1-3-22-5-9(4-18-22)13(24)19-11-14(25)23-12(16(26)27)10(6-28-15(11)23)7-29-17-21-20-8(2)30-17/h4-5,11,15H,3,6-7H2,1-2H3,(H,19,24)(H,26,27)/t11-,15-/m1/s1. The molecule has 1 saturated heterocycles. The predicted molar refractivity (Wildman–Crippen MR) is 112 cm³/mol. The van der Waals surface area contributed by atoms with Gasteiger partial charge in [-0.15, -0.1) is 22.0 Å². The minimum atomic E-state index is -1.15. The molecule has 13 heteroatoms. The first-order valence-corrected chi connectivity index (χ1v) is 11.9. The van der Waals surface area contributed by atoms with Gasteiger partial charge in [0.15, 0.2) is 4.34 Å². The Balaban J connectivity index is 1.47. The van der Waals surface area contributed by atoms with Crippen LogP contribution in [0.25, 0.3) is 0 Å². The number of aromatic nitrogens is 4. The van der Waals surface area contributed by atoms with Crippen LogP contribution in [0.4, 0.5) is 0 Å². The zero-order valence-corrected chi connectivity index (χ0v) is 18.5. The summed E-state index contributed by atoms with van der Waals surface area (Å²) in [6, 6.07) is -0.762. The molecule has 1 fully saturated rings. The summed E-state index contributed by atoms with van der Waals surface area (Å²) < 4.78 is 2.37. The van der Waals surface area contributed by atoms with E-state index in [0.717, 1.165) is 9.35 Å². The Bertz CT molecular complexity index is 1050. The van der Waals surface area contributed by atoms with Crippen molar-refractivity contribution >= 4 is 52.6 Å². The number of hydrogen-bond acceptors (Lipinski definition) is 9. The highest BCUT2D eigenvalue weighted by Gasteiger charge is 2.54. The smallest absolute Gasteiger partial charge is 0.352 e. The normalized spacial score (nSPS) is 20.7. The molecule has 0 radical (unpaired) electrons. The first-order chi connectivity index (χ1) is 14.4. The van der Waals surface area contributed by atoms with Crippen LogP contribution in [0.1, 0.15) is 22.3 Å². The number of hydrogen-bond donors (Lipinski definition) is 2. The molecule has 10 nitrogen and oxygen atoms in total. The van der Waals surface area contributed by atoms with E-state index in [1.54, 1.807) is 10.9 Å². The van der Waals surface area contributed by atoms with Crippen LogP contribution in [0.2, 0.25) is 0 Å². The van der Waals surface area contributed by atoms with E-state index in [1.807, 2.05) is 13.8 Å². The summed E-state index contributed by atoms with van der Waals surface area (Å²) in [5.74, 6) is -1.10. The maximum atomic E-state index is 12.7. The number of fused-ring (bicyclic) bond motifs is 1. The van der Waals surface area contributed by atoms with Gasteiger partial charge in [0.25, 0.3) is 11.8 Å². The summed E-state index contributed by atoms with van der Waals surface area (Å²) in [4.78, 5) is 38.3. The van der Waals surface area contributed by atoms with Crippen LogP contribution in [0, 0.1) is 6.92 Å². The Morgan fingerprint density at radius 3 is 2.83 bits per heavy atom. The molecule has 30 heavy (non-hydrogen) atoms. The lowest BCUT2D eigenvalue weighted by molar-refractivity contribution is -0.148. The Labute approximate surface area is 184 Å². The third-order valence-electron chi connectivity index (χ3n) is 4.63. The summed E-state index contributed by atoms with van der Waals surface area (Å²) in [6.45, 7) is 4.39. The Morgan fingerprint density at radius 2 is 2.20 bits per heavy atom. The zero-order chi connectivity index (χ0) is 21.4. The maximum Gasteiger partial charge on any atom is 0.352 e. The van der Waals surface area contributed by atoms with Gasteiger partial charge in [-0.25, -0.2) is 4.79 Å². The van der Waals surface area contributed by atoms with Gasteiger partial charge in [-0.05, 0) is 19.4 Å². The van der Waals surface area contributed by atoms with E-state index in [-0.39, 0.29) is 5.70 Å². The first kappa shape index (κ1) is 20.9. The number of rotatable bonds is 7. The number of nitrogens with one attached hydrogen (secondary N) is 1. The SMILES string of the molecule is CCn1cc(C(=O)N[C@@H]2C(=O)N3C(C(=O)O)=C(CSc4nnc(C)s4)CS[C@H]23)cn1. The molecule has 2 aromatic rings. The Hall–Kier alpha value is -2.38. The molecule has 4 heterocycles. The van der Waals surface area contributed by atoms with Crippen LogP contribution in [-0.4, -0.2) is 70.7 Å². The zero-order valence-electron chi connectivity index (χ0n) is 16.1. The summed E-state index contributed by atoms with van der Waals surface area (Å²) in [5.41, 5.74) is 1.02. The predicted octanol–water partition coefficient (Wildman–Crippen LogP) is 1.21. The Kier molecular flexibility index (Phi) is 5.84. The molecule has 0 saturated carbocycles. The summed E-state index contributed by atoms with van der Waals surface area (Å²) in [5, 5.41) is 24.9. The van der Waals surface area contributed by atoms with Gasteiger partial charge in [0.1, 0.15) is 22.1 Å². The molecule has 2 N–H and O–H groups in total. The monoisotopic (exact) mass is 466 g/mol. The van der Waals surface area contributed by atoms with Crippen LogP contribution in [0.15, 0.2) is 28.0 Å². The quantitative estimate of drug-likeness (QED) is 0.457. The van der Waals surface area contributed by atoms with Gasteiger partial charge in [0.2, 0.25) is 0 Å². The van der Waals surface area contributed by atoms with Gasteiger partial charge in [0.05, 0.1) is 11.8 Å². The lowest BCUT2D eigenvalue weighted by atomic mass is 10.0.